The van der Waals surface area contributed by atoms with Gasteiger partial charge >= 0.3 is 0 Å². The van der Waals surface area contributed by atoms with Crippen LogP contribution in [0.25, 0.3) is 11.5 Å². The third-order valence-corrected chi connectivity index (χ3v) is 2.82. The molecule has 0 unspecified atom stereocenters. The van der Waals surface area contributed by atoms with E-state index in [1.165, 1.54) is 6.92 Å². The van der Waals surface area contributed by atoms with Crippen LogP contribution in [0.3, 0.4) is 0 Å². The number of aromatic nitrogens is 1. The molecule has 0 aliphatic heterocycles. The van der Waals surface area contributed by atoms with Crippen LogP contribution in [0.5, 0.6) is 0 Å². The molecule has 1 amide bonds. The van der Waals surface area contributed by atoms with Crippen LogP contribution in [0.4, 0.5) is 0 Å². The van der Waals surface area contributed by atoms with Gasteiger partial charge in [0.05, 0.1) is 11.6 Å². The lowest BCUT2D eigenvalue weighted by Gasteiger charge is -1.97. The van der Waals surface area contributed by atoms with Crippen molar-refractivity contribution in [2.24, 2.45) is 0 Å². The number of carbonyl (C=O) groups is 1. The second-order valence-electron chi connectivity index (χ2n) is 3.43. The number of amides is 1. The standard InChI is InChI=1S/C11H12N2O2S/c1-7(14)12-5-9-3-4-11(15-9)10-6-16-8(2)13-10/h3-4,6H,5H2,1-2H3,(H,12,14). The van der Waals surface area contributed by atoms with Crippen LogP contribution in [-0.4, -0.2) is 10.9 Å². The summed E-state index contributed by atoms with van der Waals surface area (Å²) in [5.41, 5.74) is 0.844. The molecule has 0 aromatic carbocycles. The Labute approximate surface area is 97.3 Å². The second-order valence-corrected chi connectivity index (χ2v) is 4.49. The van der Waals surface area contributed by atoms with Crippen LogP contribution in [0.1, 0.15) is 17.7 Å². The molecule has 0 aliphatic rings. The fourth-order valence-electron chi connectivity index (χ4n) is 1.30. The molecule has 5 heteroatoms. The summed E-state index contributed by atoms with van der Waals surface area (Å²) in [4.78, 5) is 15.1. The molecular weight excluding hydrogens is 224 g/mol. The van der Waals surface area contributed by atoms with E-state index in [1.54, 1.807) is 11.3 Å². The van der Waals surface area contributed by atoms with Gasteiger partial charge in [-0.25, -0.2) is 4.98 Å². The van der Waals surface area contributed by atoms with Gasteiger partial charge in [0.25, 0.3) is 0 Å². The largest absolute Gasteiger partial charge is 0.458 e. The van der Waals surface area contributed by atoms with Crippen LogP contribution in [-0.2, 0) is 11.3 Å². The summed E-state index contributed by atoms with van der Waals surface area (Å²) in [5.74, 6) is 1.41. The van der Waals surface area contributed by atoms with E-state index in [2.05, 4.69) is 10.3 Å². The SMILES string of the molecule is CC(=O)NCc1ccc(-c2csc(C)n2)o1. The minimum atomic E-state index is -0.0672. The Bertz CT molecular complexity index is 502. The third-order valence-electron chi connectivity index (χ3n) is 2.04. The average molecular weight is 236 g/mol. The maximum atomic E-state index is 10.7. The Kier molecular flexibility index (Phi) is 3.05. The predicted molar refractivity (Wildman–Crippen MR) is 62.1 cm³/mol. The normalized spacial score (nSPS) is 10.4. The van der Waals surface area contributed by atoms with E-state index in [0.29, 0.717) is 6.54 Å². The minimum absolute atomic E-state index is 0.0672. The first kappa shape index (κ1) is 10.9. The van der Waals surface area contributed by atoms with Crippen molar-refractivity contribution in [2.75, 3.05) is 0 Å². The summed E-state index contributed by atoms with van der Waals surface area (Å²) in [6.07, 6.45) is 0. The maximum absolute atomic E-state index is 10.7. The molecule has 0 atom stereocenters. The molecule has 4 nitrogen and oxygen atoms in total. The fourth-order valence-corrected chi connectivity index (χ4v) is 1.90. The maximum Gasteiger partial charge on any atom is 0.217 e. The van der Waals surface area contributed by atoms with Gasteiger partial charge in [0.2, 0.25) is 5.91 Å². The zero-order valence-electron chi connectivity index (χ0n) is 9.11. The highest BCUT2D eigenvalue weighted by Gasteiger charge is 2.07. The average Bonchev–Trinajstić information content (AvgIpc) is 2.83. The molecule has 2 rings (SSSR count). The highest BCUT2D eigenvalue weighted by molar-refractivity contribution is 7.09. The number of furan rings is 1. The lowest BCUT2D eigenvalue weighted by Crippen LogP contribution is -2.18. The van der Waals surface area contributed by atoms with Crippen molar-refractivity contribution in [2.45, 2.75) is 20.4 Å². The highest BCUT2D eigenvalue weighted by atomic mass is 32.1. The molecule has 0 fully saturated rings. The van der Waals surface area contributed by atoms with Gasteiger partial charge in [-0.1, -0.05) is 0 Å². The molecule has 16 heavy (non-hydrogen) atoms. The van der Waals surface area contributed by atoms with Crippen molar-refractivity contribution < 1.29 is 9.21 Å². The number of rotatable bonds is 3. The Morgan fingerprint density at radius 3 is 3.00 bits per heavy atom. The Hall–Kier alpha value is -1.62. The third kappa shape index (κ3) is 2.49. The Balaban J connectivity index is 2.10. The number of hydrogen-bond donors (Lipinski definition) is 1. The lowest BCUT2D eigenvalue weighted by atomic mass is 10.3. The number of aryl methyl sites for hydroxylation is 1. The van der Waals surface area contributed by atoms with Crippen LogP contribution < -0.4 is 5.32 Å². The number of hydrogen-bond acceptors (Lipinski definition) is 4. The van der Waals surface area contributed by atoms with Gasteiger partial charge in [-0.2, -0.15) is 0 Å². The molecule has 0 spiro atoms. The summed E-state index contributed by atoms with van der Waals surface area (Å²) < 4.78 is 5.56. The van der Waals surface area contributed by atoms with Gasteiger partial charge in [-0.05, 0) is 19.1 Å². The van der Waals surface area contributed by atoms with Gasteiger partial charge in [0.15, 0.2) is 5.76 Å². The van der Waals surface area contributed by atoms with Crippen LogP contribution in [0, 0.1) is 6.92 Å². The number of nitrogens with zero attached hydrogens (tertiary/aromatic N) is 1. The molecule has 0 saturated heterocycles. The van der Waals surface area contributed by atoms with Gasteiger partial charge in [0.1, 0.15) is 11.5 Å². The van der Waals surface area contributed by atoms with Crippen molar-refractivity contribution in [3.8, 4) is 11.5 Å². The quantitative estimate of drug-likeness (QED) is 0.890. The zero-order chi connectivity index (χ0) is 11.5. The molecule has 2 aromatic heterocycles. The van der Waals surface area contributed by atoms with Crippen molar-refractivity contribution >= 4 is 17.2 Å². The van der Waals surface area contributed by atoms with Gasteiger partial charge in [0, 0.05) is 12.3 Å². The van der Waals surface area contributed by atoms with Gasteiger partial charge in [-0.15, -0.1) is 11.3 Å². The van der Waals surface area contributed by atoms with E-state index in [0.717, 1.165) is 22.2 Å². The van der Waals surface area contributed by atoms with E-state index in [4.69, 9.17) is 4.42 Å². The number of thiazole rings is 1. The van der Waals surface area contributed by atoms with Crippen molar-refractivity contribution in [3.05, 3.63) is 28.3 Å². The molecule has 0 radical (unpaired) electrons. The first-order chi connectivity index (χ1) is 7.65. The first-order valence-electron chi connectivity index (χ1n) is 4.91. The zero-order valence-corrected chi connectivity index (χ0v) is 9.93. The molecule has 0 aliphatic carbocycles. The lowest BCUT2D eigenvalue weighted by molar-refractivity contribution is -0.119. The number of carbonyl (C=O) groups excluding carboxylic acids is 1. The summed E-state index contributed by atoms with van der Waals surface area (Å²) in [5, 5.41) is 5.65. The van der Waals surface area contributed by atoms with Crippen LogP contribution in [0.15, 0.2) is 21.9 Å². The Morgan fingerprint density at radius 2 is 2.38 bits per heavy atom. The summed E-state index contributed by atoms with van der Waals surface area (Å²) in [6, 6.07) is 3.71. The predicted octanol–water partition coefficient (Wildman–Crippen LogP) is 2.35. The topological polar surface area (TPSA) is 55.1 Å². The van der Waals surface area contributed by atoms with Gasteiger partial charge < -0.3 is 9.73 Å². The monoisotopic (exact) mass is 236 g/mol. The van der Waals surface area contributed by atoms with Crippen molar-refractivity contribution in [1.82, 2.24) is 10.3 Å². The summed E-state index contributed by atoms with van der Waals surface area (Å²) in [7, 11) is 0. The van der Waals surface area contributed by atoms with E-state index >= 15 is 0 Å². The molecular formula is C11H12N2O2S. The fraction of sp³-hybridized carbons (Fsp3) is 0.273. The molecule has 84 valence electrons. The molecule has 2 aromatic rings. The number of nitrogens with one attached hydrogen (secondary N) is 1. The van der Waals surface area contributed by atoms with Crippen molar-refractivity contribution in [1.29, 1.82) is 0 Å². The Morgan fingerprint density at radius 1 is 1.56 bits per heavy atom. The van der Waals surface area contributed by atoms with E-state index in [9.17, 15) is 4.79 Å². The molecule has 0 saturated carbocycles. The van der Waals surface area contributed by atoms with Crippen molar-refractivity contribution in [3.63, 3.8) is 0 Å². The molecule has 2 heterocycles. The van der Waals surface area contributed by atoms with Gasteiger partial charge in [-0.3, -0.25) is 4.79 Å². The van der Waals surface area contributed by atoms with E-state index in [1.807, 2.05) is 24.4 Å². The highest BCUT2D eigenvalue weighted by Crippen LogP contribution is 2.23. The first-order valence-corrected chi connectivity index (χ1v) is 5.79. The van der Waals surface area contributed by atoms with E-state index < -0.39 is 0 Å². The van der Waals surface area contributed by atoms with E-state index in [-0.39, 0.29) is 5.91 Å². The smallest absolute Gasteiger partial charge is 0.217 e. The minimum Gasteiger partial charge on any atom is -0.458 e. The van der Waals surface area contributed by atoms with Crippen LogP contribution in [0.2, 0.25) is 0 Å². The van der Waals surface area contributed by atoms with Crippen LogP contribution >= 0.6 is 11.3 Å². The second kappa shape index (κ2) is 4.49. The molecule has 1 N–H and O–H groups in total. The summed E-state index contributed by atoms with van der Waals surface area (Å²) >= 11 is 1.59. The summed E-state index contributed by atoms with van der Waals surface area (Å²) in [6.45, 7) is 3.85. The molecule has 0 bridgehead atoms.